The number of nitrogens with one attached hydrogen (secondary N) is 2. The summed E-state index contributed by atoms with van der Waals surface area (Å²) in [6.45, 7) is 4.40. The molecule has 3 rings (SSSR count). The van der Waals surface area contributed by atoms with E-state index in [1.807, 2.05) is 56.3 Å². The van der Waals surface area contributed by atoms with E-state index in [4.69, 9.17) is 9.47 Å². The highest BCUT2D eigenvalue weighted by Gasteiger charge is 2.48. The van der Waals surface area contributed by atoms with Gasteiger partial charge in [0.05, 0.1) is 30.7 Å². The van der Waals surface area contributed by atoms with Crippen LogP contribution in [-0.4, -0.2) is 31.6 Å². The van der Waals surface area contributed by atoms with Crippen LogP contribution in [0.3, 0.4) is 0 Å². The van der Waals surface area contributed by atoms with Crippen molar-refractivity contribution in [2.24, 2.45) is 11.8 Å². The van der Waals surface area contributed by atoms with E-state index in [1.165, 1.54) is 0 Å². The molecule has 0 aromatic heterocycles. The predicted molar refractivity (Wildman–Crippen MR) is 112 cm³/mol. The van der Waals surface area contributed by atoms with Crippen molar-refractivity contribution >= 4 is 17.5 Å². The second-order valence-corrected chi connectivity index (χ2v) is 7.49. The first-order valence-corrected chi connectivity index (χ1v) is 9.95. The van der Waals surface area contributed by atoms with Gasteiger partial charge in [-0.05, 0) is 56.5 Å². The molecule has 6 nitrogen and oxygen atoms in total. The molecule has 29 heavy (non-hydrogen) atoms. The predicted octanol–water partition coefficient (Wildman–Crippen LogP) is 3.42. The SMILES string of the molecule is COc1cccc(CCNC(=O)C2CC2C(=O)Nc2ccccc2OC(C)C)c1. The molecule has 0 aliphatic heterocycles. The first kappa shape index (κ1) is 20.7. The van der Waals surface area contributed by atoms with Crippen molar-refractivity contribution in [3.05, 3.63) is 54.1 Å². The lowest BCUT2D eigenvalue weighted by Crippen LogP contribution is -2.29. The van der Waals surface area contributed by atoms with Gasteiger partial charge in [-0.25, -0.2) is 0 Å². The van der Waals surface area contributed by atoms with Gasteiger partial charge in [0.1, 0.15) is 11.5 Å². The number of rotatable bonds is 9. The number of hydrogen-bond acceptors (Lipinski definition) is 4. The van der Waals surface area contributed by atoms with E-state index >= 15 is 0 Å². The number of ether oxygens (including phenoxy) is 2. The number of methoxy groups -OCH3 is 1. The summed E-state index contributed by atoms with van der Waals surface area (Å²) in [5, 5.41) is 5.83. The molecule has 1 aliphatic carbocycles. The Hall–Kier alpha value is -3.02. The molecule has 2 atom stereocenters. The molecular formula is C23H28N2O4. The molecule has 0 bridgehead atoms. The molecule has 0 spiro atoms. The zero-order valence-electron chi connectivity index (χ0n) is 17.1. The Kier molecular flexibility index (Phi) is 6.75. The van der Waals surface area contributed by atoms with Crippen LogP contribution in [0.15, 0.2) is 48.5 Å². The molecule has 6 heteroatoms. The van der Waals surface area contributed by atoms with Crippen LogP contribution in [0.25, 0.3) is 0 Å². The summed E-state index contributed by atoms with van der Waals surface area (Å²) < 4.78 is 10.9. The molecule has 0 heterocycles. The van der Waals surface area contributed by atoms with Crippen molar-refractivity contribution in [1.29, 1.82) is 0 Å². The minimum Gasteiger partial charge on any atom is -0.497 e. The number of benzene rings is 2. The van der Waals surface area contributed by atoms with Gasteiger partial charge in [-0.2, -0.15) is 0 Å². The van der Waals surface area contributed by atoms with E-state index in [0.717, 1.165) is 11.3 Å². The fourth-order valence-corrected chi connectivity index (χ4v) is 3.22. The first-order valence-electron chi connectivity index (χ1n) is 9.95. The Balaban J connectivity index is 1.46. The number of amides is 2. The molecule has 0 saturated heterocycles. The highest BCUT2D eigenvalue weighted by molar-refractivity contribution is 6.00. The molecule has 1 saturated carbocycles. The average Bonchev–Trinajstić information content (AvgIpc) is 3.50. The zero-order valence-corrected chi connectivity index (χ0v) is 17.1. The fraction of sp³-hybridized carbons (Fsp3) is 0.391. The van der Waals surface area contributed by atoms with Crippen molar-refractivity contribution in [1.82, 2.24) is 5.32 Å². The van der Waals surface area contributed by atoms with Crippen molar-refractivity contribution in [3.63, 3.8) is 0 Å². The Morgan fingerprint density at radius 2 is 1.83 bits per heavy atom. The molecule has 154 valence electrons. The summed E-state index contributed by atoms with van der Waals surface area (Å²) in [4.78, 5) is 24.9. The van der Waals surface area contributed by atoms with Gasteiger partial charge in [-0.3, -0.25) is 9.59 Å². The van der Waals surface area contributed by atoms with Crippen molar-refractivity contribution < 1.29 is 19.1 Å². The maximum absolute atomic E-state index is 12.5. The number of carbonyl (C=O) groups is 2. The third kappa shape index (κ3) is 5.73. The molecule has 0 radical (unpaired) electrons. The Morgan fingerprint density at radius 3 is 2.59 bits per heavy atom. The Morgan fingerprint density at radius 1 is 1.07 bits per heavy atom. The highest BCUT2D eigenvalue weighted by atomic mass is 16.5. The van der Waals surface area contributed by atoms with Gasteiger partial charge in [0.2, 0.25) is 11.8 Å². The van der Waals surface area contributed by atoms with Crippen molar-refractivity contribution in [2.45, 2.75) is 32.8 Å². The minimum atomic E-state index is -0.293. The van der Waals surface area contributed by atoms with Gasteiger partial charge < -0.3 is 20.1 Å². The molecule has 2 unspecified atom stereocenters. The van der Waals surface area contributed by atoms with E-state index in [9.17, 15) is 9.59 Å². The third-order valence-corrected chi connectivity index (χ3v) is 4.82. The van der Waals surface area contributed by atoms with E-state index in [0.29, 0.717) is 30.8 Å². The van der Waals surface area contributed by atoms with Gasteiger partial charge >= 0.3 is 0 Å². The Bertz CT molecular complexity index is 865. The van der Waals surface area contributed by atoms with Crippen molar-refractivity contribution in [3.8, 4) is 11.5 Å². The lowest BCUT2D eigenvalue weighted by atomic mass is 10.1. The van der Waals surface area contributed by atoms with E-state index in [-0.39, 0.29) is 29.8 Å². The van der Waals surface area contributed by atoms with Crippen LogP contribution in [0.5, 0.6) is 11.5 Å². The number of carbonyl (C=O) groups excluding carboxylic acids is 2. The maximum atomic E-state index is 12.5. The lowest BCUT2D eigenvalue weighted by Gasteiger charge is -2.14. The lowest BCUT2D eigenvalue weighted by molar-refractivity contribution is -0.125. The second-order valence-electron chi connectivity index (χ2n) is 7.49. The fourth-order valence-electron chi connectivity index (χ4n) is 3.22. The smallest absolute Gasteiger partial charge is 0.228 e. The topological polar surface area (TPSA) is 76.7 Å². The summed E-state index contributed by atoms with van der Waals surface area (Å²) in [6.07, 6.45) is 1.30. The zero-order chi connectivity index (χ0) is 20.8. The third-order valence-electron chi connectivity index (χ3n) is 4.82. The summed E-state index contributed by atoms with van der Waals surface area (Å²) in [7, 11) is 1.63. The normalized spacial score (nSPS) is 17.5. The molecule has 2 amide bonds. The molecule has 2 aromatic rings. The maximum Gasteiger partial charge on any atom is 0.228 e. The van der Waals surface area contributed by atoms with Crippen LogP contribution in [0.1, 0.15) is 25.8 Å². The summed E-state index contributed by atoms with van der Waals surface area (Å²) in [6, 6.07) is 15.1. The van der Waals surface area contributed by atoms with Crippen molar-refractivity contribution in [2.75, 3.05) is 19.0 Å². The van der Waals surface area contributed by atoms with E-state index < -0.39 is 0 Å². The average molecular weight is 396 g/mol. The number of hydrogen-bond donors (Lipinski definition) is 2. The molecule has 2 aromatic carbocycles. The molecule has 1 fully saturated rings. The highest BCUT2D eigenvalue weighted by Crippen LogP contribution is 2.40. The van der Waals surface area contributed by atoms with Gasteiger partial charge in [0, 0.05) is 6.54 Å². The summed E-state index contributed by atoms with van der Waals surface area (Å²) in [5.41, 5.74) is 1.73. The number of anilines is 1. The first-order chi connectivity index (χ1) is 14.0. The van der Waals surface area contributed by atoms with Gasteiger partial charge in [-0.1, -0.05) is 24.3 Å². The second kappa shape index (κ2) is 9.45. The van der Waals surface area contributed by atoms with Gasteiger partial charge in [0.25, 0.3) is 0 Å². The van der Waals surface area contributed by atoms with E-state index in [1.54, 1.807) is 13.2 Å². The summed E-state index contributed by atoms with van der Waals surface area (Å²) >= 11 is 0. The molecule has 2 N–H and O–H groups in total. The van der Waals surface area contributed by atoms with Crippen LogP contribution in [0, 0.1) is 11.8 Å². The van der Waals surface area contributed by atoms with Gasteiger partial charge in [-0.15, -0.1) is 0 Å². The molecule has 1 aliphatic rings. The molecular weight excluding hydrogens is 368 g/mol. The Labute approximate surface area is 171 Å². The van der Waals surface area contributed by atoms with Crippen LogP contribution < -0.4 is 20.1 Å². The number of para-hydroxylation sites is 2. The largest absolute Gasteiger partial charge is 0.497 e. The standard InChI is InChI=1S/C23H28N2O4/c1-15(2)29-21-10-5-4-9-20(21)25-23(27)19-14-18(19)22(26)24-12-11-16-7-6-8-17(13-16)28-3/h4-10,13,15,18-19H,11-12,14H2,1-3H3,(H,24,26)(H,25,27). The van der Waals surface area contributed by atoms with Crippen LogP contribution >= 0.6 is 0 Å². The minimum absolute atomic E-state index is 0.0112. The van der Waals surface area contributed by atoms with E-state index in [2.05, 4.69) is 10.6 Å². The van der Waals surface area contributed by atoms with Crippen LogP contribution in [-0.2, 0) is 16.0 Å². The van der Waals surface area contributed by atoms with Crippen LogP contribution in [0.4, 0.5) is 5.69 Å². The van der Waals surface area contributed by atoms with Gasteiger partial charge in [0.15, 0.2) is 0 Å². The summed E-state index contributed by atoms with van der Waals surface area (Å²) in [5.74, 6) is 0.667. The quantitative estimate of drug-likeness (QED) is 0.681. The van der Waals surface area contributed by atoms with Crippen LogP contribution in [0.2, 0.25) is 0 Å². The monoisotopic (exact) mass is 396 g/mol.